The number of aromatic nitrogens is 2. The molecule has 1 N–H and O–H groups in total. The predicted octanol–water partition coefficient (Wildman–Crippen LogP) is 0.687. The van der Waals surface area contributed by atoms with E-state index in [0.717, 1.165) is 5.69 Å². The fourth-order valence-electron chi connectivity index (χ4n) is 0.750. The van der Waals surface area contributed by atoms with Crippen molar-refractivity contribution in [2.45, 2.75) is 6.92 Å². The van der Waals surface area contributed by atoms with Crippen molar-refractivity contribution in [2.75, 3.05) is 12.4 Å². The maximum Gasteiger partial charge on any atom is 0.239 e. The van der Waals surface area contributed by atoms with Crippen LogP contribution in [0.5, 0.6) is 5.88 Å². The van der Waals surface area contributed by atoms with E-state index in [2.05, 4.69) is 15.3 Å². The summed E-state index contributed by atoms with van der Waals surface area (Å²) in [6.07, 6.45) is 1.73. The molecule has 0 aliphatic rings. The first-order valence-corrected chi connectivity index (χ1v) is 3.31. The number of nitrogens with one attached hydrogen (secondary N) is 1. The number of nitriles is 1. The standard InChI is InChI=1S/C7H8N4O/c1-5-3-6(12-2)11-7(10-5)9-4-8/h3H,1-2H3,(H,9,10,11). The molecule has 1 heterocycles. The van der Waals surface area contributed by atoms with Crippen LogP contribution in [0.3, 0.4) is 0 Å². The molecule has 0 saturated carbocycles. The molecule has 0 spiro atoms. The van der Waals surface area contributed by atoms with Crippen molar-refractivity contribution in [1.29, 1.82) is 5.26 Å². The molecule has 1 rings (SSSR count). The number of rotatable bonds is 2. The smallest absolute Gasteiger partial charge is 0.239 e. The van der Waals surface area contributed by atoms with E-state index in [0.29, 0.717) is 5.88 Å². The Morgan fingerprint density at radius 1 is 1.58 bits per heavy atom. The molecule has 0 bridgehead atoms. The van der Waals surface area contributed by atoms with Crippen LogP contribution in [0.25, 0.3) is 0 Å². The monoisotopic (exact) mass is 164 g/mol. The fourth-order valence-corrected chi connectivity index (χ4v) is 0.750. The number of ether oxygens (including phenoxy) is 1. The molecule has 0 radical (unpaired) electrons. The lowest BCUT2D eigenvalue weighted by Crippen LogP contribution is -1.99. The number of hydrogen-bond donors (Lipinski definition) is 1. The van der Waals surface area contributed by atoms with Gasteiger partial charge in [-0.1, -0.05) is 0 Å². The van der Waals surface area contributed by atoms with Crippen LogP contribution in [0.2, 0.25) is 0 Å². The van der Waals surface area contributed by atoms with Gasteiger partial charge in [-0.05, 0) is 6.92 Å². The van der Waals surface area contributed by atoms with Crippen LogP contribution in [0.1, 0.15) is 5.69 Å². The van der Waals surface area contributed by atoms with E-state index in [1.807, 2.05) is 0 Å². The second kappa shape index (κ2) is 3.53. The Balaban J connectivity index is 2.99. The molecule has 0 saturated heterocycles. The second-order valence-electron chi connectivity index (χ2n) is 2.11. The highest BCUT2D eigenvalue weighted by molar-refractivity contribution is 5.33. The lowest BCUT2D eigenvalue weighted by molar-refractivity contribution is 0.397. The molecule has 0 unspecified atom stereocenters. The van der Waals surface area contributed by atoms with Gasteiger partial charge >= 0.3 is 0 Å². The lowest BCUT2D eigenvalue weighted by atomic mass is 10.4. The van der Waals surface area contributed by atoms with Crippen molar-refractivity contribution in [3.8, 4) is 12.1 Å². The van der Waals surface area contributed by atoms with Crippen LogP contribution >= 0.6 is 0 Å². The molecule has 0 amide bonds. The van der Waals surface area contributed by atoms with Crippen LogP contribution in [0.15, 0.2) is 6.07 Å². The van der Waals surface area contributed by atoms with Gasteiger partial charge in [0.2, 0.25) is 11.8 Å². The van der Waals surface area contributed by atoms with Crippen LogP contribution in [-0.4, -0.2) is 17.1 Å². The van der Waals surface area contributed by atoms with Crippen molar-refractivity contribution in [2.24, 2.45) is 0 Å². The van der Waals surface area contributed by atoms with Crippen molar-refractivity contribution in [1.82, 2.24) is 9.97 Å². The highest BCUT2D eigenvalue weighted by atomic mass is 16.5. The highest BCUT2D eigenvalue weighted by Gasteiger charge is 1.99. The molecule has 5 nitrogen and oxygen atoms in total. The number of anilines is 1. The molecule has 1 aromatic heterocycles. The zero-order chi connectivity index (χ0) is 8.97. The topological polar surface area (TPSA) is 70.8 Å². The van der Waals surface area contributed by atoms with E-state index < -0.39 is 0 Å². The Kier molecular flexibility index (Phi) is 2.43. The fraction of sp³-hybridized carbons (Fsp3) is 0.286. The van der Waals surface area contributed by atoms with E-state index in [4.69, 9.17) is 10.00 Å². The third-order valence-electron chi connectivity index (χ3n) is 1.21. The third-order valence-corrected chi connectivity index (χ3v) is 1.21. The van der Waals surface area contributed by atoms with Gasteiger partial charge in [-0.25, -0.2) is 4.98 Å². The molecule has 0 aliphatic carbocycles. The average Bonchev–Trinajstić information content (AvgIpc) is 2.04. The molecule has 5 heteroatoms. The summed E-state index contributed by atoms with van der Waals surface area (Å²) < 4.78 is 4.88. The van der Waals surface area contributed by atoms with Crippen molar-refractivity contribution in [3.63, 3.8) is 0 Å². The van der Waals surface area contributed by atoms with Crippen LogP contribution in [0.4, 0.5) is 5.95 Å². The summed E-state index contributed by atoms with van der Waals surface area (Å²) in [6.45, 7) is 1.80. The Morgan fingerprint density at radius 3 is 2.92 bits per heavy atom. The predicted molar refractivity (Wildman–Crippen MR) is 42.6 cm³/mol. The molecule has 62 valence electrons. The zero-order valence-corrected chi connectivity index (χ0v) is 6.83. The van der Waals surface area contributed by atoms with E-state index in [1.165, 1.54) is 7.11 Å². The summed E-state index contributed by atoms with van der Waals surface area (Å²) in [6, 6.07) is 1.68. The van der Waals surface area contributed by atoms with Crippen LogP contribution in [-0.2, 0) is 0 Å². The average molecular weight is 164 g/mol. The van der Waals surface area contributed by atoms with E-state index >= 15 is 0 Å². The van der Waals surface area contributed by atoms with Gasteiger partial charge < -0.3 is 4.74 Å². The summed E-state index contributed by atoms with van der Waals surface area (Å²) in [7, 11) is 1.51. The summed E-state index contributed by atoms with van der Waals surface area (Å²) in [5.74, 6) is 0.703. The van der Waals surface area contributed by atoms with Gasteiger partial charge in [-0.3, -0.25) is 5.32 Å². The lowest BCUT2D eigenvalue weighted by Gasteiger charge is -2.01. The second-order valence-corrected chi connectivity index (χ2v) is 2.11. The molecular weight excluding hydrogens is 156 g/mol. The molecular formula is C7H8N4O. The van der Waals surface area contributed by atoms with E-state index in [9.17, 15) is 0 Å². The van der Waals surface area contributed by atoms with Gasteiger partial charge in [0.25, 0.3) is 0 Å². The first kappa shape index (κ1) is 8.27. The van der Waals surface area contributed by atoms with Crippen LogP contribution < -0.4 is 10.1 Å². The minimum atomic E-state index is 0.259. The zero-order valence-electron chi connectivity index (χ0n) is 6.83. The van der Waals surface area contributed by atoms with Crippen LogP contribution in [0, 0.1) is 18.4 Å². The van der Waals surface area contributed by atoms with Crippen molar-refractivity contribution < 1.29 is 4.74 Å². The normalized spacial score (nSPS) is 8.75. The maximum absolute atomic E-state index is 8.29. The molecule has 0 atom stereocenters. The number of nitrogens with zero attached hydrogens (tertiary/aromatic N) is 3. The summed E-state index contributed by atoms with van der Waals surface area (Å²) in [5, 5.41) is 10.6. The summed E-state index contributed by atoms with van der Waals surface area (Å²) in [5.41, 5.74) is 0.750. The molecule has 0 aromatic carbocycles. The van der Waals surface area contributed by atoms with Crippen molar-refractivity contribution >= 4 is 5.95 Å². The molecule has 1 aromatic rings. The summed E-state index contributed by atoms with van der Waals surface area (Å²) >= 11 is 0. The van der Waals surface area contributed by atoms with E-state index in [1.54, 1.807) is 19.2 Å². The Hall–Kier alpha value is -1.83. The first-order chi connectivity index (χ1) is 5.76. The first-order valence-electron chi connectivity index (χ1n) is 3.31. The molecule has 12 heavy (non-hydrogen) atoms. The van der Waals surface area contributed by atoms with Gasteiger partial charge in [-0.2, -0.15) is 10.2 Å². The molecule has 0 aliphatic heterocycles. The molecule has 0 fully saturated rings. The van der Waals surface area contributed by atoms with Gasteiger partial charge in [0.15, 0.2) is 6.19 Å². The number of aryl methyl sites for hydroxylation is 1. The highest BCUT2D eigenvalue weighted by Crippen LogP contribution is 2.10. The maximum atomic E-state index is 8.29. The number of methoxy groups -OCH3 is 1. The van der Waals surface area contributed by atoms with Crippen molar-refractivity contribution in [3.05, 3.63) is 11.8 Å². The number of hydrogen-bond acceptors (Lipinski definition) is 5. The largest absolute Gasteiger partial charge is 0.481 e. The Labute approximate surface area is 70.0 Å². The van der Waals surface area contributed by atoms with Gasteiger partial charge in [0, 0.05) is 11.8 Å². The van der Waals surface area contributed by atoms with Gasteiger partial charge in [0.05, 0.1) is 7.11 Å². The SMILES string of the molecule is COc1cc(C)nc(NC#N)n1. The van der Waals surface area contributed by atoms with Gasteiger partial charge in [-0.15, -0.1) is 0 Å². The third kappa shape index (κ3) is 1.83. The summed E-state index contributed by atoms with van der Waals surface area (Å²) in [4.78, 5) is 7.82. The van der Waals surface area contributed by atoms with Gasteiger partial charge in [0.1, 0.15) is 0 Å². The Bertz CT molecular complexity index is 318. The minimum absolute atomic E-state index is 0.259. The van der Waals surface area contributed by atoms with E-state index in [-0.39, 0.29) is 5.95 Å². The Morgan fingerprint density at radius 2 is 2.33 bits per heavy atom. The quantitative estimate of drug-likeness (QED) is 0.514. The minimum Gasteiger partial charge on any atom is -0.481 e.